The minimum absolute atomic E-state index is 0.223. The number of hydrogen-bond donors (Lipinski definition) is 1. The van der Waals surface area contributed by atoms with Gasteiger partial charge in [-0.15, -0.1) is 0 Å². The van der Waals surface area contributed by atoms with Crippen molar-refractivity contribution in [1.82, 2.24) is 10.2 Å². The molecule has 1 N–H and O–H groups in total. The molecule has 0 radical (unpaired) electrons. The van der Waals surface area contributed by atoms with Gasteiger partial charge in [0.05, 0.1) is 4.92 Å². The Bertz CT molecular complexity index is 416. The van der Waals surface area contributed by atoms with Gasteiger partial charge in [-0.05, 0) is 38.9 Å². The second-order valence-corrected chi connectivity index (χ2v) is 6.29. The second-order valence-electron chi connectivity index (χ2n) is 5.14. The van der Waals surface area contributed by atoms with Crippen LogP contribution in [-0.2, 0) is 6.54 Å². The average Bonchev–Trinajstić information content (AvgIpc) is 2.86. The molecule has 1 aliphatic heterocycles. The predicted octanol–water partition coefficient (Wildman–Crippen LogP) is 2.62. The zero-order chi connectivity index (χ0) is 13.7. The first-order valence-electron chi connectivity index (χ1n) is 6.84. The van der Waals surface area contributed by atoms with Gasteiger partial charge in [0.25, 0.3) is 0 Å². The van der Waals surface area contributed by atoms with Crippen LogP contribution in [0.15, 0.2) is 12.1 Å². The van der Waals surface area contributed by atoms with Gasteiger partial charge in [0.1, 0.15) is 0 Å². The van der Waals surface area contributed by atoms with Gasteiger partial charge in [-0.2, -0.15) is 0 Å². The standard InChI is InChI=1S/C13H21N3O2S/c1-11(10-15-7-3-2-4-8-15)14-9-12-5-6-13(19-12)16(17)18/h5-6,11,14H,2-4,7-10H2,1H3. The molecular formula is C13H21N3O2S. The first kappa shape index (κ1) is 14.4. The van der Waals surface area contributed by atoms with E-state index >= 15 is 0 Å². The molecule has 19 heavy (non-hydrogen) atoms. The largest absolute Gasteiger partial charge is 0.324 e. The molecule has 0 aliphatic carbocycles. The monoisotopic (exact) mass is 283 g/mol. The van der Waals surface area contributed by atoms with E-state index in [-0.39, 0.29) is 9.92 Å². The van der Waals surface area contributed by atoms with E-state index in [4.69, 9.17) is 0 Å². The van der Waals surface area contributed by atoms with Crippen LogP contribution in [0.2, 0.25) is 0 Å². The lowest BCUT2D eigenvalue weighted by Gasteiger charge is -2.29. The molecule has 1 aliphatic rings. The topological polar surface area (TPSA) is 58.4 Å². The Morgan fingerprint density at radius 2 is 2.16 bits per heavy atom. The van der Waals surface area contributed by atoms with Crippen molar-refractivity contribution in [2.24, 2.45) is 0 Å². The Labute approximate surface area is 117 Å². The van der Waals surface area contributed by atoms with Gasteiger partial charge in [-0.1, -0.05) is 17.8 Å². The number of rotatable bonds is 6. The highest BCUT2D eigenvalue weighted by Gasteiger charge is 2.14. The number of nitrogens with one attached hydrogen (secondary N) is 1. The first-order valence-corrected chi connectivity index (χ1v) is 7.65. The van der Waals surface area contributed by atoms with E-state index in [0.29, 0.717) is 12.6 Å². The normalized spacial score (nSPS) is 18.4. The maximum Gasteiger partial charge on any atom is 0.324 e. The summed E-state index contributed by atoms with van der Waals surface area (Å²) in [6.07, 6.45) is 3.98. The summed E-state index contributed by atoms with van der Waals surface area (Å²) >= 11 is 1.25. The highest BCUT2D eigenvalue weighted by Crippen LogP contribution is 2.23. The fourth-order valence-electron chi connectivity index (χ4n) is 2.43. The Balaban J connectivity index is 1.72. The van der Waals surface area contributed by atoms with Crippen LogP contribution in [0.5, 0.6) is 0 Å². The maximum absolute atomic E-state index is 10.6. The van der Waals surface area contributed by atoms with Crippen LogP contribution in [0.4, 0.5) is 5.00 Å². The van der Waals surface area contributed by atoms with Gasteiger partial charge in [0, 0.05) is 30.1 Å². The Morgan fingerprint density at radius 1 is 1.42 bits per heavy atom. The Hall–Kier alpha value is -0.980. The molecule has 0 saturated carbocycles. The lowest BCUT2D eigenvalue weighted by Crippen LogP contribution is -2.41. The van der Waals surface area contributed by atoms with Crippen LogP contribution < -0.4 is 5.32 Å². The number of nitrogens with zero attached hydrogens (tertiary/aromatic N) is 2. The van der Waals surface area contributed by atoms with Crippen molar-refractivity contribution < 1.29 is 4.92 Å². The molecule has 1 aromatic rings. The minimum atomic E-state index is -0.328. The fourth-order valence-corrected chi connectivity index (χ4v) is 3.20. The van der Waals surface area contributed by atoms with Crippen molar-refractivity contribution in [2.75, 3.05) is 19.6 Å². The van der Waals surface area contributed by atoms with Gasteiger partial charge in [-0.25, -0.2) is 0 Å². The molecule has 1 fully saturated rings. The number of hydrogen-bond acceptors (Lipinski definition) is 5. The number of nitro groups is 1. The Kier molecular flexibility index (Phi) is 5.30. The quantitative estimate of drug-likeness (QED) is 0.644. The van der Waals surface area contributed by atoms with Crippen LogP contribution in [0, 0.1) is 10.1 Å². The third-order valence-electron chi connectivity index (χ3n) is 3.43. The molecule has 1 atom stereocenters. The van der Waals surface area contributed by atoms with Crippen molar-refractivity contribution in [2.45, 2.75) is 38.8 Å². The number of piperidine rings is 1. The van der Waals surface area contributed by atoms with E-state index in [1.807, 2.05) is 6.07 Å². The van der Waals surface area contributed by atoms with Crippen molar-refractivity contribution >= 4 is 16.3 Å². The smallest absolute Gasteiger partial charge is 0.308 e. The zero-order valence-corrected chi connectivity index (χ0v) is 12.1. The van der Waals surface area contributed by atoms with Crippen molar-refractivity contribution in [1.29, 1.82) is 0 Å². The van der Waals surface area contributed by atoms with Crippen LogP contribution in [0.1, 0.15) is 31.1 Å². The summed E-state index contributed by atoms with van der Waals surface area (Å²) in [5.41, 5.74) is 0. The van der Waals surface area contributed by atoms with E-state index in [1.54, 1.807) is 6.07 Å². The fraction of sp³-hybridized carbons (Fsp3) is 0.692. The average molecular weight is 283 g/mol. The van der Waals surface area contributed by atoms with Crippen LogP contribution >= 0.6 is 11.3 Å². The molecule has 0 bridgehead atoms. The van der Waals surface area contributed by atoms with Crippen molar-refractivity contribution in [3.63, 3.8) is 0 Å². The van der Waals surface area contributed by atoms with Gasteiger partial charge in [0.2, 0.25) is 0 Å². The summed E-state index contributed by atoms with van der Waals surface area (Å²) in [5.74, 6) is 0. The van der Waals surface area contributed by atoms with Crippen molar-refractivity contribution in [3.8, 4) is 0 Å². The first-order chi connectivity index (χ1) is 9.15. The molecule has 2 rings (SSSR count). The highest BCUT2D eigenvalue weighted by atomic mass is 32.1. The van der Waals surface area contributed by atoms with Gasteiger partial charge < -0.3 is 10.2 Å². The van der Waals surface area contributed by atoms with Gasteiger partial charge in [-0.3, -0.25) is 10.1 Å². The Morgan fingerprint density at radius 3 is 2.79 bits per heavy atom. The zero-order valence-electron chi connectivity index (χ0n) is 11.3. The summed E-state index contributed by atoms with van der Waals surface area (Å²) in [6.45, 7) is 6.37. The molecule has 1 aromatic heterocycles. The van der Waals surface area contributed by atoms with Crippen LogP contribution in [-0.4, -0.2) is 35.5 Å². The summed E-state index contributed by atoms with van der Waals surface area (Å²) < 4.78 is 0. The van der Waals surface area contributed by atoms with Crippen LogP contribution in [0.25, 0.3) is 0 Å². The van der Waals surface area contributed by atoms with Crippen molar-refractivity contribution in [3.05, 3.63) is 27.1 Å². The third kappa shape index (κ3) is 4.56. The maximum atomic E-state index is 10.6. The predicted molar refractivity (Wildman–Crippen MR) is 77.6 cm³/mol. The van der Waals surface area contributed by atoms with E-state index in [1.165, 1.54) is 43.7 Å². The molecule has 0 amide bonds. The summed E-state index contributed by atoms with van der Waals surface area (Å²) in [7, 11) is 0. The summed E-state index contributed by atoms with van der Waals surface area (Å²) in [4.78, 5) is 13.8. The molecule has 6 heteroatoms. The molecular weight excluding hydrogens is 262 g/mol. The molecule has 0 spiro atoms. The molecule has 106 valence electrons. The molecule has 1 saturated heterocycles. The molecule has 0 aromatic carbocycles. The molecule has 5 nitrogen and oxygen atoms in total. The SMILES string of the molecule is CC(CN1CCCCC1)NCc1ccc([N+](=O)[O-])s1. The minimum Gasteiger partial charge on any atom is -0.308 e. The lowest BCUT2D eigenvalue weighted by molar-refractivity contribution is -0.380. The summed E-state index contributed by atoms with van der Waals surface area (Å²) in [6, 6.07) is 3.83. The number of likely N-dealkylation sites (tertiary alicyclic amines) is 1. The highest BCUT2D eigenvalue weighted by molar-refractivity contribution is 7.15. The summed E-state index contributed by atoms with van der Waals surface area (Å²) in [5, 5.41) is 14.3. The molecule has 2 heterocycles. The second kappa shape index (κ2) is 6.98. The third-order valence-corrected chi connectivity index (χ3v) is 4.47. The van der Waals surface area contributed by atoms with E-state index in [0.717, 1.165) is 11.4 Å². The number of thiophene rings is 1. The van der Waals surface area contributed by atoms with E-state index in [2.05, 4.69) is 17.1 Å². The molecule has 1 unspecified atom stereocenters. The van der Waals surface area contributed by atoms with Gasteiger partial charge in [0.15, 0.2) is 0 Å². The lowest BCUT2D eigenvalue weighted by atomic mass is 10.1. The van der Waals surface area contributed by atoms with Crippen LogP contribution in [0.3, 0.4) is 0 Å². The van der Waals surface area contributed by atoms with E-state index < -0.39 is 0 Å². The van der Waals surface area contributed by atoms with Gasteiger partial charge >= 0.3 is 5.00 Å². The van der Waals surface area contributed by atoms with E-state index in [9.17, 15) is 10.1 Å².